The molecular formula is C17H24N6O. The quantitative estimate of drug-likeness (QED) is 0.861. The molecule has 1 aliphatic heterocycles. The summed E-state index contributed by atoms with van der Waals surface area (Å²) in [5.74, 6) is 4.81. The molecule has 2 aliphatic carbocycles. The van der Waals surface area contributed by atoms with Crippen molar-refractivity contribution in [2.24, 2.45) is 13.0 Å². The predicted molar refractivity (Wildman–Crippen MR) is 87.9 cm³/mol. The Hall–Kier alpha value is -1.92. The largest absolute Gasteiger partial charge is 0.425 e. The summed E-state index contributed by atoms with van der Waals surface area (Å²) in [6, 6.07) is 0. The van der Waals surface area contributed by atoms with E-state index in [2.05, 4.69) is 36.9 Å². The minimum atomic E-state index is 0.00381. The van der Waals surface area contributed by atoms with Gasteiger partial charge in [0.15, 0.2) is 0 Å². The van der Waals surface area contributed by atoms with Crippen LogP contribution in [0.1, 0.15) is 62.0 Å². The zero-order valence-electron chi connectivity index (χ0n) is 14.4. The van der Waals surface area contributed by atoms with E-state index in [9.17, 15) is 0 Å². The third-order valence-corrected chi connectivity index (χ3v) is 6.46. The average molecular weight is 328 g/mol. The second-order valence-electron chi connectivity index (χ2n) is 7.80. The Morgan fingerprint density at radius 3 is 2.67 bits per heavy atom. The Morgan fingerprint density at radius 1 is 1.08 bits per heavy atom. The lowest BCUT2D eigenvalue weighted by Crippen LogP contribution is -2.33. The maximum atomic E-state index is 5.86. The molecule has 3 fully saturated rings. The van der Waals surface area contributed by atoms with Crippen molar-refractivity contribution in [3.8, 4) is 0 Å². The van der Waals surface area contributed by atoms with Crippen molar-refractivity contribution >= 4 is 5.95 Å². The van der Waals surface area contributed by atoms with E-state index in [4.69, 9.17) is 4.42 Å². The third kappa shape index (κ3) is 1.90. The molecule has 1 saturated heterocycles. The SMILES string of the molecule is Cc1nnc([C@]23CCC[C@H]2CN(c2nnc(C4CCC4)n2C)C3)o1. The summed E-state index contributed by atoms with van der Waals surface area (Å²) in [7, 11) is 2.11. The Balaban J connectivity index is 1.46. The van der Waals surface area contributed by atoms with E-state index >= 15 is 0 Å². The smallest absolute Gasteiger partial charge is 0.227 e. The van der Waals surface area contributed by atoms with Crippen molar-refractivity contribution in [2.75, 3.05) is 18.0 Å². The molecule has 0 spiro atoms. The number of anilines is 1. The van der Waals surface area contributed by atoms with Gasteiger partial charge in [0.25, 0.3) is 0 Å². The molecule has 0 aromatic carbocycles. The highest BCUT2D eigenvalue weighted by Gasteiger charge is 2.54. The van der Waals surface area contributed by atoms with Crippen LogP contribution in [0.15, 0.2) is 4.42 Å². The normalized spacial score (nSPS) is 29.9. The van der Waals surface area contributed by atoms with Crippen molar-refractivity contribution in [3.63, 3.8) is 0 Å². The first kappa shape index (κ1) is 14.4. The summed E-state index contributed by atoms with van der Waals surface area (Å²) >= 11 is 0. The van der Waals surface area contributed by atoms with Crippen LogP contribution < -0.4 is 4.90 Å². The van der Waals surface area contributed by atoms with Gasteiger partial charge < -0.3 is 13.9 Å². The molecule has 2 aromatic rings. The number of aryl methyl sites for hydroxylation is 1. The van der Waals surface area contributed by atoms with Gasteiger partial charge in [0.2, 0.25) is 17.7 Å². The van der Waals surface area contributed by atoms with Crippen molar-refractivity contribution in [1.82, 2.24) is 25.0 Å². The van der Waals surface area contributed by atoms with Crippen LogP contribution in [0.2, 0.25) is 0 Å². The molecule has 7 nitrogen and oxygen atoms in total. The van der Waals surface area contributed by atoms with Crippen LogP contribution in [-0.4, -0.2) is 38.1 Å². The summed E-state index contributed by atoms with van der Waals surface area (Å²) in [6.07, 6.45) is 7.42. The predicted octanol–water partition coefficient (Wildman–Crippen LogP) is 2.33. The molecule has 0 radical (unpaired) electrons. The zero-order chi connectivity index (χ0) is 16.3. The van der Waals surface area contributed by atoms with Crippen LogP contribution in [0.3, 0.4) is 0 Å². The van der Waals surface area contributed by atoms with E-state index in [1.54, 1.807) is 0 Å². The highest BCUT2D eigenvalue weighted by molar-refractivity contribution is 5.39. The van der Waals surface area contributed by atoms with Gasteiger partial charge in [0.1, 0.15) is 5.82 Å². The van der Waals surface area contributed by atoms with Gasteiger partial charge >= 0.3 is 0 Å². The van der Waals surface area contributed by atoms with Crippen molar-refractivity contribution < 1.29 is 4.42 Å². The van der Waals surface area contributed by atoms with E-state index in [-0.39, 0.29) is 5.41 Å². The van der Waals surface area contributed by atoms with Crippen molar-refractivity contribution in [1.29, 1.82) is 0 Å². The number of hydrogen-bond donors (Lipinski definition) is 0. The van der Waals surface area contributed by atoms with Gasteiger partial charge in [-0.2, -0.15) is 0 Å². The van der Waals surface area contributed by atoms with Crippen LogP contribution in [0.5, 0.6) is 0 Å². The first-order chi connectivity index (χ1) is 11.7. The zero-order valence-corrected chi connectivity index (χ0v) is 14.4. The fraction of sp³-hybridized carbons (Fsp3) is 0.765. The van der Waals surface area contributed by atoms with Crippen LogP contribution in [0.4, 0.5) is 5.95 Å². The fourth-order valence-electron chi connectivity index (χ4n) is 4.92. The third-order valence-electron chi connectivity index (χ3n) is 6.46. The maximum Gasteiger partial charge on any atom is 0.227 e. The van der Waals surface area contributed by atoms with Gasteiger partial charge in [-0.3, -0.25) is 0 Å². The van der Waals surface area contributed by atoms with Crippen molar-refractivity contribution in [3.05, 3.63) is 17.6 Å². The lowest BCUT2D eigenvalue weighted by atomic mass is 9.80. The Bertz CT molecular complexity index is 763. The number of nitrogens with zero attached hydrogens (tertiary/aromatic N) is 6. The summed E-state index contributed by atoms with van der Waals surface area (Å²) < 4.78 is 8.07. The molecule has 7 heteroatoms. The molecule has 128 valence electrons. The van der Waals surface area contributed by atoms with E-state index < -0.39 is 0 Å². The molecule has 2 saturated carbocycles. The lowest BCUT2D eigenvalue weighted by Gasteiger charge is -2.26. The van der Waals surface area contributed by atoms with E-state index in [0.29, 0.717) is 17.7 Å². The minimum Gasteiger partial charge on any atom is -0.425 e. The number of fused-ring (bicyclic) bond motifs is 1. The van der Waals surface area contributed by atoms with Crippen LogP contribution in [0, 0.1) is 12.8 Å². The van der Waals surface area contributed by atoms with Gasteiger partial charge in [-0.25, -0.2) is 0 Å². The van der Waals surface area contributed by atoms with Gasteiger partial charge in [-0.1, -0.05) is 12.8 Å². The van der Waals surface area contributed by atoms with E-state index in [0.717, 1.165) is 37.2 Å². The minimum absolute atomic E-state index is 0.00381. The van der Waals surface area contributed by atoms with Crippen LogP contribution >= 0.6 is 0 Å². The molecule has 2 aromatic heterocycles. The lowest BCUT2D eigenvalue weighted by molar-refractivity contribution is 0.299. The van der Waals surface area contributed by atoms with Gasteiger partial charge in [0, 0.05) is 33.0 Å². The Morgan fingerprint density at radius 2 is 1.96 bits per heavy atom. The molecule has 0 amide bonds. The van der Waals surface area contributed by atoms with Gasteiger partial charge in [-0.05, 0) is 31.6 Å². The molecule has 24 heavy (non-hydrogen) atoms. The molecular weight excluding hydrogens is 304 g/mol. The second-order valence-corrected chi connectivity index (χ2v) is 7.80. The summed E-state index contributed by atoms with van der Waals surface area (Å²) in [4.78, 5) is 2.39. The van der Waals surface area contributed by atoms with Crippen molar-refractivity contribution in [2.45, 2.75) is 56.8 Å². The first-order valence-electron chi connectivity index (χ1n) is 9.12. The van der Waals surface area contributed by atoms with E-state index in [1.807, 2.05) is 6.92 Å². The Kier molecular flexibility index (Phi) is 3.03. The molecule has 0 unspecified atom stereocenters. The topological polar surface area (TPSA) is 72.9 Å². The first-order valence-corrected chi connectivity index (χ1v) is 9.12. The monoisotopic (exact) mass is 328 g/mol. The molecule has 3 aliphatic rings. The Labute approximate surface area is 141 Å². The number of hydrogen-bond acceptors (Lipinski definition) is 6. The molecule has 0 bridgehead atoms. The van der Waals surface area contributed by atoms with E-state index in [1.165, 1.54) is 32.1 Å². The average Bonchev–Trinajstić information content (AvgIpc) is 3.21. The summed E-state index contributed by atoms with van der Waals surface area (Å²) in [5, 5.41) is 17.5. The number of aromatic nitrogens is 5. The van der Waals surface area contributed by atoms with Crippen LogP contribution in [-0.2, 0) is 12.5 Å². The summed E-state index contributed by atoms with van der Waals surface area (Å²) in [6.45, 7) is 3.80. The molecule has 0 N–H and O–H groups in total. The fourth-order valence-corrected chi connectivity index (χ4v) is 4.92. The molecule has 5 rings (SSSR count). The second kappa shape index (κ2) is 5.04. The molecule has 2 atom stereocenters. The standard InChI is InChI=1S/C17H24N6O/c1-11-18-20-15(24-11)17-8-4-7-13(17)9-23(10-17)16-21-19-14(22(16)2)12-5-3-6-12/h12-13H,3-10H2,1-2H3/t13-,17-/m0/s1. The van der Waals surface area contributed by atoms with Crippen LogP contribution in [0.25, 0.3) is 0 Å². The highest BCUT2D eigenvalue weighted by atomic mass is 16.4. The van der Waals surface area contributed by atoms with Gasteiger partial charge in [0.05, 0.1) is 5.41 Å². The van der Waals surface area contributed by atoms with Gasteiger partial charge in [-0.15, -0.1) is 20.4 Å². The molecule has 3 heterocycles. The number of rotatable bonds is 3. The highest BCUT2D eigenvalue weighted by Crippen LogP contribution is 2.50. The summed E-state index contributed by atoms with van der Waals surface area (Å²) in [5.41, 5.74) is 0.00381. The maximum absolute atomic E-state index is 5.86.